The van der Waals surface area contributed by atoms with Crippen molar-refractivity contribution in [3.8, 4) is 40.6 Å². The van der Waals surface area contributed by atoms with Gasteiger partial charge < -0.3 is 4.74 Å². The van der Waals surface area contributed by atoms with E-state index in [1.54, 1.807) is 0 Å². The molecule has 0 aliphatic rings. The average Bonchev–Trinajstić information content (AvgIpc) is 3.44. The number of benzene rings is 2. The second-order valence-electron chi connectivity index (χ2n) is 7.20. The first-order chi connectivity index (χ1) is 16.3. The molecule has 34 heavy (non-hydrogen) atoms. The second kappa shape index (κ2) is 7.84. The summed E-state index contributed by atoms with van der Waals surface area (Å²) in [7, 11) is 0. The highest BCUT2D eigenvalue weighted by atomic mass is 19.4. The minimum Gasteiger partial charge on any atom is -0.478 e. The van der Waals surface area contributed by atoms with E-state index in [2.05, 4.69) is 26.1 Å². The number of fused-ring (bicyclic) bond motifs is 2. The van der Waals surface area contributed by atoms with Crippen LogP contribution in [0.1, 0.15) is 5.69 Å². The van der Waals surface area contributed by atoms with Gasteiger partial charge in [0.15, 0.2) is 22.9 Å². The van der Waals surface area contributed by atoms with Gasteiger partial charge in [-0.05, 0) is 30.3 Å². The molecule has 0 unspecified atom stereocenters. The first-order valence-corrected chi connectivity index (χ1v) is 9.71. The van der Waals surface area contributed by atoms with Crippen LogP contribution in [0.25, 0.3) is 39.1 Å². The largest absolute Gasteiger partial charge is 0.478 e. The van der Waals surface area contributed by atoms with E-state index in [0.717, 1.165) is 16.7 Å². The summed E-state index contributed by atoms with van der Waals surface area (Å²) < 4.78 is 77.2. The number of aromatic nitrogens is 5. The number of nitrogens with one attached hydrogen (secondary N) is 1. The molecule has 6 nitrogen and oxygen atoms in total. The van der Waals surface area contributed by atoms with E-state index in [9.17, 15) is 17.6 Å². The molecule has 11 heteroatoms. The molecule has 3 aromatic heterocycles. The predicted octanol–water partition coefficient (Wildman–Crippen LogP) is 5.25. The smallest absolute Gasteiger partial charge is 0.435 e. The molecule has 2 aromatic carbocycles. The molecule has 0 atom stereocenters. The van der Waals surface area contributed by atoms with Crippen molar-refractivity contribution in [2.75, 3.05) is 6.61 Å². The number of hydrogen-bond acceptors (Lipinski definition) is 4. The summed E-state index contributed by atoms with van der Waals surface area (Å²) in [6.07, 6.45) is 3.84. The van der Waals surface area contributed by atoms with Crippen LogP contribution >= 0.6 is 0 Å². The Labute approximate surface area is 188 Å². The van der Waals surface area contributed by atoms with Crippen molar-refractivity contribution in [2.45, 2.75) is 6.18 Å². The van der Waals surface area contributed by atoms with Crippen molar-refractivity contribution >= 4 is 16.6 Å². The van der Waals surface area contributed by atoms with Gasteiger partial charge in [0, 0.05) is 17.3 Å². The van der Waals surface area contributed by atoms with E-state index in [1.807, 2.05) is 0 Å². The highest BCUT2D eigenvalue weighted by Gasteiger charge is 2.39. The first-order valence-electron chi connectivity index (χ1n) is 9.71. The molecule has 5 aromatic rings. The molecule has 0 fully saturated rings. The average molecular weight is 469 g/mol. The highest BCUT2D eigenvalue weighted by molar-refractivity contribution is 5.85. The first kappa shape index (κ1) is 21.4. The monoisotopic (exact) mass is 469 g/mol. The van der Waals surface area contributed by atoms with Gasteiger partial charge in [0.2, 0.25) is 0 Å². The van der Waals surface area contributed by atoms with Crippen LogP contribution in [0.2, 0.25) is 0 Å². The quantitative estimate of drug-likeness (QED) is 0.289. The van der Waals surface area contributed by atoms with Gasteiger partial charge in [-0.15, -0.1) is 6.42 Å². The van der Waals surface area contributed by atoms with Gasteiger partial charge in [-0.25, -0.2) is 13.8 Å². The zero-order valence-electron chi connectivity index (χ0n) is 17.0. The third-order valence-electron chi connectivity index (χ3n) is 5.13. The maximum absolute atomic E-state index is 15.2. The summed E-state index contributed by atoms with van der Waals surface area (Å²) in [5.74, 6) is 0.523. The summed E-state index contributed by atoms with van der Waals surface area (Å²) in [4.78, 5) is 7.80. The van der Waals surface area contributed by atoms with E-state index < -0.39 is 29.2 Å². The van der Waals surface area contributed by atoms with Crippen LogP contribution < -0.4 is 4.74 Å². The van der Waals surface area contributed by atoms with Crippen LogP contribution in [0, 0.1) is 24.0 Å². The van der Waals surface area contributed by atoms with Gasteiger partial charge in [0.1, 0.15) is 12.4 Å². The molecular formula is C23H12F5N5O. The van der Waals surface area contributed by atoms with Crippen molar-refractivity contribution in [3.63, 3.8) is 0 Å². The maximum Gasteiger partial charge on any atom is 0.435 e. The van der Waals surface area contributed by atoms with Gasteiger partial charge >= 0.3 is 6.18 Å². The highest BCUT2D eigenvalue weighted by Crippen LogP contribution is 2.39. The maximum atomic E-state index is 15.2. The predicted molar refractivity (Wildman–Crippen MR) is 113 cm³/mol. The van der Waals surface area contributed by atoms with Crippen molar-refractivity contribution in [2.24, 2.45) is 0 Å². The Morgan fingerprint density at radius 2 is 1.94 bits per heavy atom. The van der Waals surface area contributed by atoms with Gasteiger partial charge in [-0.1, -0.05) is 5.92 Å². The number of ether oxygens (including phenoxy) is 1. The number of H-pyrrole nitrogens is 1. The lowest BCUT2D eigenvalue weighted by atomic mass is 10.1. The SMILES string of the molecule is C#CCOc1cc(-c2cn3c(-c4ccc5[nH]ncc5c4F)c(C(F)(F)F)nc3cn2)ccc1F. The Morgan fingerprint density at radius 3 is 2.71 bits per heavy atom. The molecule has 0 saturated heterocycles. The fourth-order valence-corrected chi connectivity index (χ4v) is 3.62. The van der Waals surface area contributed by atoms with Crippen LogP contribution in [0.3, 0.4) is 0 Å². The number of alkyl halides is 3. The van der Waals surface area contributed by atoms with E-state index >= 15 is 4.39 Å². The molecule has 0 aliphatic heterocycles. The molecule has 0 amide bonds. The zero-order chi connectivity index (χ0) is 24.0. The Kier molecular flexibility index (Phi) is 4.93. The molecule has 0 radical (unpaired) electrons. The molecule has 170 valence electrons. The zero-order valence-corrected chi connectivity index (χ0v) is 17.0. The fraction of sp³-hybridized carbons (Fsp3) is 0.0870. The number of halogens is 5. The lowest BCUT2D eigenvalue weighted by molar-refractivity contribution is -0.140. The summed E-state index contributed by atoms with van der Waals surface area (Å²) in [6, 6.07) is 6.47. The molecule has 3 heterocycles. The second-order valence-corrected chi connectivity index (χ2v) is 7.20. The van der Waals surface area contributed by atoms with Gasteiger partial charge in [0.05, 0.1) is 34.7 Å². The third-order valence-corrected chi connectivity index (χ3v) is 5.13. The van der Waals surface area contributed by atoms with E-state index in [0.29, 0.717) is 11.1 Å². The van der Waals surface area contributed by atoms with Crippen molar-refractivity contribution in [3.05, 3.63) is 66.3 Å². The van der Waals surface area contributed by atoms with E-state index in [4.69, 9.17) is 11.2 Å². The van der Waals surface area contributed by atoms with Crippen LogP contribution in [-0.4, -0.2) is 31.2 Å². The van der Waals surface area contributed by atoms with Gasteiger partial charge in [-0.2, -0.15) is 18.3 Å². The number of terminal acetylenes is 1. The minimum atomic E-state index is -4.87. The van der Waals surface area contributed by atoms with E-state index in [1.165, 1.54) is 36.7 Å². The van der Waals surface area contributed by atoms with Gasteiger partial charge in [0.25, 0.3) is 0 Å². The minimum absolute atomic E-state index is 0.0312. The molecule has 5 rings (SSSR count). The summed E-state index contributed by atoms with van der Waals surface area (Å²) >= 11 is 0. The normalized spacial score (nSPS) is 11.8. The van der Waals surface area contributed by atoms with E-state index in [-0.39, 0.29) is 34.6 Å². The topological polar surface area (TPSA) is 68.1 Å². The Morgan fingerprint density at radius 1 is 1.12 bits per heavy atom. The molecule has 0 bridgehead atoms. The van der Waals surface area contributed by atoms with Crippen LogP contribution in [0.4, 0.5) is 22.0 Å². The lowest BCUT2D eigenvalue weighted by Gasteiger charge is -2.11. The fourth-order valence-electron chi connectivity index (χ4n) is 3.62. The molecule has 0 saturated carbocycles. The number of nitrogens with zero attached hydrogens (tertiary/aromatic N) is 4. The lowest BCUT2D eigenvalue weighted by Crippen LogP contribution is -2.08. The Balaban J connectivity index is 1.74. The summed E-state index contributed by atoms with van der Waals surface area (Å²) in [6.45, 7) is -0.177. The summed E-state index contributed by atoms with van der Waals surface area (Å²) in [5.41, 5.74) is -1.39. The van der Waals surface area contributed by atoms with Crippen molar-refractivity contribution < 1.29 is 26.7 Å². The number of rotatable bonds is 4. The van der Waals surface area contributed by atoms with Crippen LogP contribution in [-0.2, 0) is 6.18 Å². The Bertz CT molecular complexity index is 1600. The Hall–Kier alpha value is -4.46. The molecular weight excluding hydrogens is 457 g/mol. The van der Waals surface area contributed by atoms with Gasteiger partial charge in [-0.3, -0.25) is 14.5 Å². The third kappa shape index (κ3) is 3.49. The number of imidazole rings is 1. The summed E-state index contributed by atoms with van der Waals surface area (Å²) in [5, 5.41) is 6.34. The number of aromatic amines is 1. The number of hydrogen-bond donors (Lipinski definition) is 1. The molecule has 0 aliphatic carbocycles. The van der Waals surface area contributed by atoms with Crippen LogP contribution in [0.15, 0.2) is 48.9 Å². The standard InChI is InChI=1S/C23H12F5N5O/c1-2-7-34-18-8-12(3-5-15(18)24)17-11-33-19(10-29-17)31-22(23(26,27)28)21(33)13-4-6-16-14(20(13)25)9-30-32-16/h1,3-6,8-11H,7H2,(H,30,32). The molecule has 1 N–H and O–H groups in total. The van der Waals surface area contributed by atoms with Crippen molar-refractivity contribution in [1.29, 1.82) is 0 Å². The van der Waals surface area contributed by atoms with Crippen LogP contribution in [0.5, 0.6) is 5.75 Å². The molecule has 0 spiro atoms. The van der Waals surface area contributed by atoms with Crippen molar-refractivity contribution in [1.82, 2.24) is 24.6 Å².